The van der Waals surface area contributed by atoms with Gasteiger partial charge in [0.05, 0.1) is 19.3 Å². The van der Waals surface area contributed by atoms with Crippen LogP contribution in [0, 0.1) is 0 Å². The highest BCUT2D eigenvalue weighted by Gasteiger charge is 2.44. The molecule has 1 aromatic carbocycles. The molecule has 0 aromatic heterocycles. The zero-order valence-corrected chi connectivity index (χ0v) is 10.5. The highest BCUT2D eigenvalue weighted by atomic mass is 16.5. The fourth-order valence-electron chi connectivity index (χ4n) is 2.00. The van der Waals surface area contributed by atoms with Crippen molar-refractivity contribution >= 4 is 11.9 Å². The molecule has 102 valence electrons. The Kier molecular flexibility index (Phi) is 3.71. The summed E-state index contributed by atoms with van der Waals surface area (Å²) in [5.74, 6) is -1.17. The van der Waals surface area contributed by atoms with Crippen molar-refractivity contribution in [2.75, 3.05) is 20.3 Å². The summed E-state index contributed by atoms with van der Waals surface area (Å²) in [5.41, 5.74) is -1.05. The van der Waals surface area contributed by atoms with Crippen molar-refractivity contribution in [3.8, 4) is 5.75 Å². The molecule has 0 saturated carbocycles. The number of nitrogens with one attached hydrogen (secondary N) is 1. The number of benzene rings is 1. The fourth-order valence-corrected chi connectivity index (χ4v) is 2.00. The predicted molar refractivity (Wildman–Crippen MR) is 66.3 cm³/mol. The maximum absolute atomic E-state index is 12.2. The molecule has 0 radical (unpaired) electrons. The summed E-state index contributed by atoms with van der Waals surface area (Å²) < 4.78 is 10.2. The van der Waals surface area contributed by atoms with Crippen molar-refractivity contribution in [3.63, 3.8) is 0 Å². The van der Waals surface area contributed by atoms with Crippen molar-refractivity contribution in [3.05, 3.63) is 29.8 Å². The van der Waals surface area contributed by atoms with Gasteiger partial charge in [0.1, 0.15) is 5.75 Å². The Morgan fingerprint density at radius 3 is 2.74 bits per heavy atom. The van der Waals surface area contributed by atoms with Crippen LogP contribution in [-0.4, -0.2) is 42.8 Å². The average molecular weight is 265 g/mol. The fraction of sp³-hybridized carbons (Fsp3) is 0.385. The van der Waals surface area contributed by atoms with Crippen molar-refractivity contribution in [2.45, 2.75) is 12.0 Å². The first-order valence-corrected chi connectivity index (χ1v) is 5.86. The number of aliphatic carboxylic acids is 1. The molecule has 1 heterocycles. The molecule has 2 N–H and O–H groups in total. The number of hydrogen-bond acceptors (Lipinski definition) is 4. The van der Waals surface area contributed by atoms with E-state index in [4.69, 9.17) is 9.47 Å². The summed E-state index contributed by atoms with van der Waals surface area (Å²) in [6.07, 6.45) is 0.253. The largest absolute Gasteiger partial charge is 0.496 e. The average Bonchev–Trinajstić information content (AvgIpc) is 2.88. The van der Waals surface area contributed by atoms with Crippen molar-refractivity contribution < 1.29 is 24.2 Å². The quantitative estimate of drug-likeness (QED) is 0.835. The van der Waals surface area contributed by atoms with Gasteiger partial charge in [-0.3, -0.25) is 4.79 Å². The second-order valence-electron chi connectivity index (χ2n) is 4.34. The number of carbonyl (C=O) groups is 2. The SMILES string of the molecule is COc1ccccc1C(=O)N[C@@]1(C(=O)O)CCOC1. The van der Waals surface area contributed by atoms with Crippen LogP contribution in [0.1, 0.15) is 16.8 Å². The van der Waals surface area contributed by atoms with E-state index in [9.17, 15) is 14.7 Å². The minimum atomic E-state index is -1.35. The zero-order valence-electron chi connectivity index (χ0n) is 10.5. The molecule has 0 spiro atoms. The lowest BCUT2D eigenvalue weighted by atomic mass is 9.98. The molecule has 1 aromatic rings. The smallest absolute Gasteiger partial charge is 0.331 e. The Labute approximate surface area is 110 Å². The third kappa shape index (κ3) is 2.53. The number of hydrogen-bond donors (Lipinski definition) is 2. The van der Waals surface area contributed by atoms with Crippen LogP contribution >= 0.6 is 0 Å². The van der Waals surface area contributed by atoms with Gasteiger partial charge >= 0.3 is 5.97 Å². The van der Waals surface area contributed by atoms with Crippen LogP contribution in [0.4, 0.5) is 0 Å². The Morgan fingerprint density at radius 2 is 2.16 bits per heavy atom. The first-order valence-electron chi connectivity index (χ1n) is 5.86. The standard InChI is InChI=1S/C13H15NO5/c1-18-10-5-3-2-4-9(10)11(15)14-13(12(16)17)6-7-19-8-13/h2-5H,6-8H2,1H3,(H,14,15)(H,16,17)/t13-/m0/s1. The van der Waals surface area contributed by atoms with E-state index >= 15 is 0 Å². The lowest BCUT2D eigenvalue weighted by Gasteiger charge is -2.24. The molecule has 2 rings (SSSR count). The Balaban J connectivity index is 2.23. The summed E-state index contributed by atoms with van der Waals surface area (Å²) in [5, 5.41) is 11.8. The van der Waals surface area contributed by atoms with Crippen LogP contribution in [0.2, 0.25) is 0 Å². The van der Waals surface area contributed by atoms with Gasteiger partial charge in [-0.15, -0.1) is 0 Å². The first-order chi connectivity index (χ1) is 9.09. The molecule has 1 saturated heterocycles. The van der Waals surface area contributed by atoms with Gasteiger partial charge in [0.15, 0.2) is 5.54 Å². The second-order valence-corrected chi connectivity index (χ2v) is 4.34. The molecule has 1 fully saturated rings. The lowest BCUT2D eigenvalue weighted by molar-refractivity contribution is -0.144. The maximum Gasteiger partial charge on any atom is 0.331 e. The molecule has 6 nitrogen and oxygen atoms in total. The number of amides is 1. The first kappa shape index (κ1) is 13.4. The van der Waals surface area contributed by atoms with Crippen molar-refractivity contribution in [1.29, 1.82) is 0 Å². The minimum Gasteiger partial charge on any atom is -0.496 e. The molecular weight excluding hydrogens is 250 g/mol. The molecule has 0 bridgehead atoms. The second kappa shape index (κ2) is 5.27. The van der Waals surface area contributed by atoms with E-state index in [0.717, 1.165) is 0 Å². The molecule has 0 aliphatic carbocycles. The Hall–Kier alpha value is -2.08. The summed E-state index contributed by atoms with van der Waals surface area (Å²) in [6, 6.07) is 6.66. The highest BCUT2D eigenvalue weighted by Crippen LogP contribution is 2.22. The van der Waals surface area contributed by atoms with E-state index in [-0.39, 0.29) is 13.0 Å². The third-order valence-corrected chi connectivity index (χ3v) is 3.14. The van der Waals surface area contributed by atoms with Crippen LogP contribution in [0.3, 0.4) is 0 Å². The molecule has 6 heteroatoms. The number of carbonyl (C=O) groups excluding carboxylic acids is 1. The molecule has 1 amide bonds. The zero-order chi connectivity index (χ0) is 13.9. The number of methoxy groups -OCH3 is 1. The van der Waals surface area contributed by atoms with Gasteiger partial charge in [-0.2, -0.15) is 0 Å². The molecule has 0 unspecified atom stereocenters. The summed E-state index contributed by atoms with van der Waals surface area (Å²) in [6.45, 7) is 0.293. The van der Waals surface area contributed by atoms with Gasteiger partial charge in [-0.25, -0.2) is 4.79 Å². The van der Waals surface area contributed by atoms with E-state index in [1.54, 1.807) is 24.3 Å². The number of carboxylic acid groups (broad SMARTS) is 1. The van der Waals surface area contributed by atoms with Gasteiger partial charge in [0.2, 0.25) is 0 Å². The van der Waals surface area contributed by atoms with Crippen molar-refractivity contribution in [2.24, 2.45) is 0 Å². The lowest BCUT2D eigenvalue weighted by Crippen LogP contribution is -2.55. The number of para-hydroxylation sites is 1. The Morgan fingerprint density at radius 1 is 1.42 bits per heavy atom. The van der Waals surface area contributed by atoms with Crippen molar-refractivity contribution in [1.82, 2.24) is 5.32 Å². The van der Waals surface area contributed by atoms with Crippen LogP contribution in [-0.2, 0) is 9.53 Å². The predicted octanol–water partition coefficient (Wildman–Crippen LogP) is 0.669. The van der Waals surface area contributed by atoms with Gasteiger partial charge in [-0.1, -0.05) is 12.1 Å². The molecule has 19 heavy (non-hydrogen) atoms. The summed E-state index contributed by atoms with van der Waals surface area (Å²) in [7, 11) is 1.46. The van der Waals surface area contributed by atoms with Crippen LogP contribution in [0.5, 0.6) is 5.75 Å². The van der Waals surface area contributed by atoms with E-state index in [2.05, 4.69) is 5.32 Å². The van der Waals surface area contributed by atoms with Crippen LogP contribution in [0.15, 0.2) is 24.3 Å². The van der Waals surface area contributed by atoms with Gasteiger partial charge in [0.25, 0.3) is 5.91 Å². The summed E-state index contributed by atoms with van der Waals surface area (Å²) >= 11 is 0. The molecule has 1 aliphatic heterocycles. The van der Waals surface area contributed by atoms with E-state index in [1.165, 1.54) is 7.11 Å². The van der Waals surface area contributed by atoms with Gasteiger partial charge < -0.3 is 19.9 Å². The van der Waals surface area contributed by atoms with Gasteiger partial charge in [-0.05, 0) is 12.1 Å². The highest BCUT2D eigenvalue weighted by molar-refractivity contribution is 6.00. The van der Waals surface area contributed by atoms with Crippen LogP contribution in [0.25, 0.3) is 0 Å². The Bertz CT molecular complexity index is 494. The molecule has 1 aliphatic rings. The van der Waals surface area contributed by atoms with Gasteiger partial charge in [0, 0.05) is 13.0 Å². The summed E-state index contributed by atoms with van der Waals surface area (Å²) in [4.78, 5) is 23.5. The molecular formula is C13H15NO5. The molecule has 1 atom stereocenters. The normalized spacial score (nSPS) is 21.9. The third-order valence-electron chi connectivity index (χ3n) is 3.14. The van der Waals surface area contributed by atoms with Crippen LogP contribution < -0.4 is 10.1 Å². The van der Waals surface area contributed by atoms with E-state index in [1.807, 2.05) is 0 Å². The number of carboxylic acids is 1. The number of ether oxygens (including phenoxy) is 2. The maximum atomic E-state index is 12.2. The number of rotatable bonds is 4. The topological polar surface area (TPSA) is 84.9 Å². The van der Waals surface area contributed by atoms with E-state index in [0.29, 0.717) is 17.9 Å². The van der Waals surface area contributed by atoms with E-state index < -0.39 is 17.4 Å². The minimum absolute atomic E-state index is 0.0246. The monoisotopic (exact) mass is 265 g/mol.